The van der Waals surface area contributed by atoms with Gasteiger partial charge >= 0.3 is 6.03 Å². The fraction of sp³-hybridized carbons (Fsp3) is 0.875. The minimum atomic E-state index is -0.00944. The molecule has 72 valence electrons. The molecule has 0 spiro atoms. The molecule has 0 fully saturated rings. The van der Waals surface area contributed by atoms with Crippen molar-refractivity contribution < 1.29 is 4.79 Å². The summed E-state index contributed by atoms with van der Waals surface area (Å²) in [6, 6.07) is -0.00944. The molecule has 4 heteroatoms. The first-order valence-corrected chi connectivity index (χ1v) is 4.49. The molecule has 0 rings (SSSR count). The Labute approximate surface area is 74.1 Å². The molecule has 0 aromatic heterocycles. The molecule has 2 amide bonds. The van der Waals surface area contributed by atoms with Gasteiger partial charge in [0.25, 0.3) is 0 Å². The van der Waals surface area contributed by atoms with E-state index in [1.807, 2.05) is 13.8 Å². The molecule has 3 N–H and O–H groups in total. The zero-order chi connectivity index (χ0) is 9.40. The monoisotopic (exact) mass is 173 g/mol. The number of hydrogen-bond acceptors (Lipinski definition) is 2. The van der Waals surface area contributed by atoms with Crippen molar-refractivity contribution in [1.29, 1.82) is 0 Å². The van der Waals surface area contributed by atoms with Crippen LogP contribution in [0.1, 0.15) is 20.3 Å². The van der Waals surface area contributed by atoms with Gasteiger partial charge in [0, 0.05) is 26.2 Å². The van der Waals surface area contributed by atoms with Crippen LogP contribution < -0.4 is 11.1 Å². The van der Waals surface area contributed by atoms with E-state index in [0.717, 1.165) is 13.0 Å². The summed E-state index contributed by atoms with van der Waals surface area (Å²) in [5.74, 6) is 0. The predicted octanol–water partition coefficient (Wildman–Crippen LogP) is 0.387. The number of nitrogens with two attached hydrogens (primary N) is 1. The van der Waals surface area contributed by atoms with Crippen molar-refractivity contribution >= 4 is 6.03 Å². The number of hydrogen-bond donors (Lipinski definition) is 2. The topological polar surface area (TPSA) is 58.4 Å². The summed E-state index contributed by atoms with van der Waals surface area (Å²) in [6.07, 6.45) is 0.969. The molecule has 0 heterocycles. The maximum Gasteiger partial charge on any atom is 0.317 e. The first kappa shape index (κ1) is 11.2. The molecule has 0 unspecified atom stereocenters. The SMILES string of the molecule is CCCN(CCN)C(=O)NCC. The predicted molar refractivity (Wildman–Crippen MR) is 50.0 cm³/mol. The molecule has 0 bridgehead atoms. The molecule has 0 saturated heterocycles. The molecule has 0 atom stereocenters. The second-order valence-corrected chi connectivity index (χ2v) is 2.61. The summed E-state index contributed by atoms with van der Waals surface area (Å²) < 4.78 is 0. The smallest absolute Gasteiger partial charge is 0.317 e. The zero-order valence-electron chi connectivity index (χ0n) is 7.97. The van der Waals surface area contributed by atoms with Crippen molar-refractivity contribution in [3.63, 3.8) is 0 Å². The summed E-state index contributed by atoms with van der Waals surface area (Å²) in [7, 11) is 0. The van der Waals surface area contributed by atoms with Gasteiger partial charge in [-0.15, -0.1) is 0 Å². The third kappa shape index (κ3) is 4.18. The van der Waals surface area contributed by atoms with Crippen LogP contribution in [0.4, 0.5) is 4.79 Å². The van der Waals surface area contributed by atoms with Crippen LogP contribution in [0.25, 0.3) is 0 Å². The Morgan fingerprint density at radius 1 is 1.42 bits per heavy atom. The highest BCUT2D eigenvalue weighted by atomic mass is 16.2. The quantitative estimate of drug-likeness (QED) is 0.631. The summed E-state index contributed by atoms with van der Waals surface area (Å²) in [4.78, 5) is 13.0. The number of carbonyl (C=O) groups excluding carboxylic acids is 1. The minimum Gasteiger partial charge on any atom is -0.338 e. The van der Waals surface area contributed by atoms with Gasteiger partial charge in [-0.2, -0.15) is 0 Å². The molecule has 12 heavy (non-hydrogen) atoms. The van der Waals surface area contributed by atoms with Gasteiger partial charge < -0.3 is 16.0 Å². The van der Waals surface area contributed by atoms with Crippen molar-refractivity contribution in [2.75, 3.05) is 26.2 Å². The first-order valence-electron chi connectivity index (χ1n) is 4.49. The number of nitrogens with one attached hydrogen (secondary N) is 1. The van der Waals surface area contributed by atoms with Crippen LogP contribution >= 0.6 is 0 Å². The first-order chi connectivity index (χ1) is 5.76. The van der Waals surface area contributed by atoms with E-state index < -0.39 is 0 Å². The summed E-state index contributed by atoms with van der Waals surface area (Å²) >= 11 is 0. The maximum absolute atomic E-state index is 11.3. The molecule has 4 nitrogen and oxygen atoms in total. The third-order valence-corrected chi connectivity index (χ3v) is 1.51. The molecule has 0 aliphatic rings. The van der Waals surface area contributed by atoms with Gasteiger partial charge in [-0.25, -0.2) is 4.79 Å². The van der Waals surface area contributed by atoms with E-state index in [-0.39, 0.29) is 6.03 Å². The molecular weight excluding hydrogens is 154 g/mol. The van der Waals surface area contributed by atoms with Crippen molar-refractivity contribution in [2.24, 2.45) is 5.73 Å². The lowest BCUT2D eigenvalue weighted by atomic mass is 10.4. The van der Waals surface area contributed by atoms with Gasteiger partial charge in [0.15, 0.2) is 0 Å². The second-order valence-electron chi connectivity index (χ2n) is 2.61. The molecule has 0 aliphatic carbocycles. The van der Waals surface area contributed by atoms with E-state index in [4.69, 9.17) is 5.73 Å². The normalized spacial score (nSPS) is 9.58. The average molecular weight is 173 g/mol. The zero-order valence-corrected chi connectivity index (χ0v) is 7.97. The molecule has 0 saturated carbocycles. The van der Waals surface area contributed by atoms with Crippen LogP contribution in [0.3, 0.4) is 0 Å². The number of rotatable bonds is 5. The van der Waals surface area contributed by atoms with Gasteiger partial charge in [-0.05, 0) is 13.3 Å². The average Bonchev–Trinajstić information content (AvgIpc) is 2.04. The lowest BCUT2D eigenvalue weighted by Crippen LogP contribution is -2.42. The van der Waals surface area contributed by atoms with Crippen molar-refractivity contribution in [3.8, 4) is 0 Å². The van der Waals surface area contributed by atoms with Gasteiger partial charge in [0.1, 0.15) is 0 Å². The standard InChI is InChI=1S/C8H19N3O/c1-3-6-11(7-5-9)8(12)10-4-2/h3-7,9H2,1-2H3,(H,10,12). The van der Waals surface area contributed by atoms with E-state index in [0.29, 0.717) is 19.6 Å². The van der Waals surface area contributed by atoms with E-state index in [9.17, 15) is 4.79 Å². The number of nitrogens with zero attached hydrogens (tertiary/aromatic N) is 1. The fourth-order valence-corrected chi connectivity index (χ4v) is 1.00. The van der Waals surface area contributed by atoms with Crippen molar-refractivity contribution in [1.82, 2.24) is 10.2 Å². The van der Waals surface area contributed by atoms with Gasteiger partial charge in [0.05, 0.1) is 0 Å². The summed E-state index contributed by atoms with van der Waals surface area (Å²) in [5, 5.41) is 2.75. The van der Waals surface area contributed by atoms with Crippen LogP contribution in [-0.4, -0.2) is 37.1 Å². The van der Waals surface area contributed by atoms with E-state index in [2.05, 4.69) is 5.32 Å². The van der Waals surface area contributed by atoms with Gasteiger partial charge in [-0.3, -0.25) is 0 Å². The van der Waals surface area contributed by atoms with Crippen LogP contribution in [0.15, 0.2) is 0 Å². The van der Waals surface area contributed by atoms with E-state index in [1.165, 1.54) is 0 Å². The number of carbonyl (C=O) groups is 1. The van der Waals surface area contributed by atoms with Gasteiger partial charge in [-0.1, -0.05) is 6.92 Å². The third-order valence-electron chi connectivity index (χ3n) is 1.51. The maximum atomic E-state index is 11.3. The molecule has 0 radical (unpaired) electrons. The Morgan fingerprint density at radius 3 is 2.50 bits per heavy atom. The van der Waals surface area contributed by atoms with Crippen molar-refractivity contribution in [3.05, 3.63) is 0 Å². The number of urea groups is 1. The summed E-state index contributed by atoms with van der Waals surface area (Å²) in [6.45, 7) is 6.57. The fourth-order valence-electron chi connectivity index (χ4n) is 1.00. The lowest BCUT2D eigenvalue weighted by Gasteiger charge is -2.21. The van der Waals surface area contributed by atoms with Crippen molar-refractivity contribution in [2.45, 2.75) is 20.3 Å². The highest BCUT2D eigenvalue weighted by molar-refractivity contribution is 5.74. The Bertz CT molecular complexity index is 121. The van der Waals surface area contributed by atoms with Crippen LogP contribution in [0, 0.1) is 0 Å². The molecule has 0 aromatic carbocycles. The Balaban J connectivity index is 3.81. The highest BCUT2D eigenvalue weighted by Crippen LogP contribution is 1.90. The Kier molecular flexibility index (Phi) is 6.47. The van der Waals surface area contributed by atoms with Gasteiger partial charge in [0.2, 0.25) is 0 Å². The molecule has 0 aliphatic heterocycles. The molecule has 0 aromatic rings. The Hall–Kier alpha value is -0.770. The Morgan fingerprint density at radius 2 is 2.08 bits per heavy atom. The van der Waals surface area contributed by atoms with E-state index in [1.54, 1.807) is 4.90 Å². The number of amides is 2. The van der Waals surface area contributed by atoms with Crippen LogP contribution in [0.5, 0.6) is 0 Å². The molecular formula is C8H19N3O. The largest absolute Gasteiger partial charge is 0.338 e. The van der Waals surface area contributed by atoms with Crippen LogP contribution in [-0.2, 0) is 0 Å². The second kappa shape index (κ2) is 6.91. The van der Waals surface area contributed by atoms with E-state index >= 15 is 0 Å². The summed E-state index contributed by atoms with van der Waals surface area (Å²) in [5.41, 5.74) is 5.37. The minimum absolute atomic E-state index is 0.00944. The highest BCUT2D eigenvalue weighted by Gasteiger charge is 2.08. The lowest BCUT2D eigenvalue weighted by molar-refractivity contribution is 0.200. The van der Waals surface area contributed by atoms with Crippen LogP contribution in [0.2, 0.25) is 0 Å².